The maximum absolute atomic E-state index is 5.56. The van der Waals surface area contributed by atoms with Crippen LogP contribution < -0.4 is 10.2 Å². The zero-order chi connectivity index (χ0) is 13.7. The van der Waals surface area contributed by atoms with Crippen LogP contribution in [0.1, 0.15) is 24.7 Å². The van der Waals surface area contributed by atoms with Crippen LogP contribution in [0.2, 0.25) is 0 Å². The molecule has 0 amide bonds. The Morgan fingerprint density at radius 2 is 2.16 bits per heavy atom. The van der Waals surface area contributed by atoms with Crippen molar-refractivity contribution in [1.82, 2.24) is 20.5 Å². The SMILES string of the molecule is CCCNCC1COCCN1c1nnc(C)c(C)n1. The normalized spacial score (nSPS) is 19.7. The second-order valence-corrected chi connectivity index (χ2v) is 4.91. The fraction of sp³-hybridized carbons (Fsp3) is 0.769. The summed E-state index contributed by atoms with van der Waals surface area (Å²) in [6.07, 6.45) is 1.13. The van der Waals surface area contributed by atoms with Crippen molar-refractivity contribution in [2.24, 2.45) is 0 Å². The van der Waals surface area contributed by atoms with Crippen molar-refractivity contribution in [3.8, 4) is 0 Å². The molecule has 0 aromatic carbocycles. The molecule has 2 rings (SSSR count). The topological polar surface area (TPSA) is 63.2 Å². The summed E-state index contributed by atoms with van der Waals surface area (Å²) in [6, 6.07) is 0.282. The smallest absolute Gasteiger partial charge is 0.246 e. The minimum absolute atomic E-state index is 0.282. The number of hydrogen-bond donors (Lipinski definition) is 1. The number of nitrogens with zero attached hydrogens (tertiary/aromatic N) is 4. The van der Waals surface area contributed by atoms with Gasteiger partial charge in [-0.3, -0.25) is 0 Å². The number of rotatable bonds is 5. The fourth-order valence-electron chi connectivity index (χ4n) is 2.10. The van der Waals surface area contributed by atoms with Crippen LogP contribution in [0.15, 0.2) is 0 Å². The number of morpholine rings is 1. The van der Waals surface area contributed by atoms with Crippen LogP contribution >= 0.6 is 0 Å². The van der Waals surface area contributed by atoms with Crippen molar-refractivity contribution in [3.63, 3.8) is 0 Å². The van der Waals surface area contributed by atoms with Crippen LogP contribution in [0.5, 0.6) is 0 Å². The average molecular weight is 265 g/mol. The highest BCUT2D eigenvalue weighted by Gasteiger charge is 2.25. The number of aryl methyl sites for hydroxylation is 2. The van der Waals surface area contributed by atoms with E-state index in [0.717, 1.165) is 50.0 Å². The molecule has 1 N–H and O–H groups in total. The minimum atomic E-state index is 0.282. The predicted octanol–water partition coefficient (Wildman–Crippen LogP) is 0.693. The fourth-order valence-corrected chi connectivity index (χ4v) is 2.10. The van der Waals surface area contributed by atoms with Crippen LogP contribution in [0.4, 0.5) is 5.95 Å². The van der Waals surface area contributed by atoms with Gasteiger partial charge in [-0.05, 0) is 26.8 Å². The lowest BCUT2D eigenvalue weighted by Gasteiger charge is -2.35. The van der Waals surface area contributed by atoms with Crippen molar-refractivity contribution in [2.45, 2.75) is 33.2 Å². The van der Waals surface area contributed by atoms with E-state index in [-0.39, 0.29) is 6.04 Å². The van der Waals surface area contributed by atoms with E-state index < -0.39 is 0 Å². The van der Waals surface area contributed by atoms with Gasteiger partial charge in [0, 0.05) is 13.1 Å². The monoisotopic (exact) mass is 265 g/mol. The van der Waals surface area contributed by atoms with E-state index in [9.17, 15) is 0 Å². The molecule has 1 aliphatic heterocycles. The van der Waals surface area contributed by atoms with Gasteiger partial charge in [0.25, 0.3) is 0 Å². The number of aromatic nitrogens is 3. The summed E-state index contributed by atoms with van der Waals surface area (Å²) < 4.78 is 5.56. The summed E-state index contributed by atoms with van der Waals surface area (Å²) in [4.78, 5) is 6.74. The molecule has 1 atom stereocenters. The van der Waals surface area contributed by atoms with Gasteiger partial charge in [0.1, 0.15) is 0 Å². The second-order valence-electron chi connectivity index (χ2n) is 4.91. The van der Waals surface area contributed by atoms with E-state index in [1.807, 2.05) is 13.8 Å². The summed E-state index contributed by atoms with van der Waals surface area (Å²) in [7, 11) is 0. The van der Waals surface area contributed by atoms with Crippen molar-refractivity contribution in [3.05, 3.63) is 11.4 Å². The van der Waals surface area contributed by atoms with E-state index in [1.54, 1.807) is 0 Å². The molecule has 1 fully saturated rings. The lowest BCUT2D eigenvalue weighted by molar-refractivity contribution is 0.0928. The summed E-state index contributed by atoms with van der Waals surface area (Å²) in [5.41, 5.74) is 1.83. The molecule has 2 heterocycles. The Morgan fingerprint density at radius 3 is 2.89 bits per heavy atom. The molecule has 1 saturated heterocycles. The summed E-state index contributed by atoms with van der Waals surface area (Å²) in [6.45, 7) is 10.2. The maximum atomic E-state index is 5.56. The molecule has 0 aliphatic carbocycles. The molecule has 1 unspecified atom stereocenters. The van der Waals surface area contributed by atoms with E-state index >= 15 is 0 Å². The van der Waals surface area contributed by atoms with Gasteiger partial charge in [0.05, 0.1) is 30.6 Å². The van der Waals surface area contributed by atoms with Crippen molar-refractivity contribution >= 4 is 5.95 Å². The third-order valence-corrected chi connectivity index (χ3v) is 3.37. The van der Waals surface area contributed by atoms with Gasteiger partial charge in [0.2, 0.25) is 5.95 Å². The molecule has 6 nitrogen and oxygen atoms in total. The second kappa shape index (κ2) is 6.77. The number of anilines is 1. The first-order valence-corrected chi connectivity index (χ1v) is 6.95. The largest absolute Gasteiger partial charge is 0.377 e. The Labute approximate surface area is 114 Å². The number of ether oxygens (including phenoxy) is 1. The van der Waals surface area contributed by atoms with Crippen LogP contribution in [-0.2, 0) is 4.74 Å². The van der Waals surface area contributed by atoms with Crippen LogP contribution in [0.25, 0.3) is 0 Å². The highest BCUT2D eigenvalue weighted by molar-refractivity contribution is 5.32. The van der Waals surface area contributed by atoms with Crippen molar-refractivity contribution in [2.75, 3.05) is 37.7 Å². The number of nitrogens with one attached hydrogen (secondary N) is 1. The van der Waals surface area contributed by atoms with Gasteiger partial charge in [-0.1, -0.05) is 6.92 Å². The van der Waals surface area contributed by atoms with E-state index in [4.69, 9.17) is 4.74 Å². The Morgan fingerprint density at radius 1 is 1.32 bits per heavy atom. The first-order valence-electron chi connectivity index (χ1n) is 6.95. The first kappa shape index (κ1) is 14.1. The van der Waals surface area contributed by atoms with Crippen molar-refractivity contribution in [1.29, 1.82) is 0 Å². The third-order valence-electron chi connectivity index (χ3n) is 3.37. The van der Waals surface area contributed by atoms with Gasteiger partial charge < -0.3 is 15.0 Å². The minimum Gasteiger partial charge on any atom is -0.377 e. The van der Waals surface area contributed by atoms with Gasteiger partial charge in [-0.2, -0.15) is 5.10 Å². The van der Waals surface area contributed by atoms with Crippen molar-refractivity contribution < 1.29 is 4.74 Å². The molecule has 0 saturated carbocycles. The Bertz CT molecular complexity index is 412. The summed E-state index contributed by atoms with van der Waals surface area (Å²) in [5, 5.41) is 11.8. The average Bonchev–Trinajstić information content (AvgIpc) is 2.43. The third kappa shape index (κ3) is 3.61. The van der Waals surface area contributed by atoms with E-state index in [0.29, 0.717) is 6.61 Å². The summed E-state index contributed by atoms with van der Waals surface area (Å²) in [5.74, 6) is 0.717. The Kier molecular flexibility index (Phi) is 5.04. The molecule has 106 valence electrons. The maximum Gasteiger partial charge on any atom is 0.246 e. The first-order chi connectivity index (χ1) is 9.22. The van der Waals surface area contributed by atoms with Crippen LogP contribution in [-0.4, -0.2) is 54.1 Å². The molecule has 0 bridgehead atoms. The molecular weight excluding hydrogens is 242 g/mol. The molecule has 6 heteroatoms. The highest BCUT2D eigenvalue weighted by Crippen LogP contribution is 2.15. The van der Waals surface area contributed by atoms with E-state index in [1.165, 1.54) is 0 Å². The van der Waals surface area contributed by atoms with Crippen LogP contribution in [0, 0.1) is 13.8 Å². The quantitative estimate of drug-likeness (QED) is 0.791. The Hall–Kier alpha value is -1.27. The molecule has 1 aromatic rings. The predicted molar refractivity (Wildman–Crippen MR) is 74.4 cm³/mol. The van der Waals surface area contributed by atoms with Crippen LogP contribution in [0.3, 0.4) is 0 Å². The van der Waals surface area contributed by atoms with Gasteiger partial charge in [-0.25, -0.2) is 4.98 Å². The molecule has 1 aliphatic rings. The highest BCUT2D eigenvalue weighted by atomic mass is 16.5. The zero-order valence-electron chi connectivity index (χ0n) is 12.0. The molecule has 0 radical (unpaired) electrons. The standard InChI is InChI=1S/C13H23N5O/c1-4-5-14-8-12-9-19-7-6-18(12)13-15-10(2)11(3)16-17-13/h12,14H,4-9H2,1-3H3. The van der Waals surface area contributed by atoms with Gasteiger partial charge in [-0.15, -0.1) is 5.10 Å². The Balaban J connectivity index is 2.07. The molecule has 19 heavy (non-hydrogen) atoms. The van der Waals surface area contributed by atoms with Gasteiger partial charge >= 0.3 is 0 Å². The van der Waals surface area contributed by atoms with E-state index in [2.05, 4.69) is 32.3 Å². The zero-order valence-corrected chi connectivity index (χ0v) is 12.0. The number of hydrogen-bond acceptors (Lipinski definition) is 6. The lowest BCUT2D eigenvalue weighted by atomic mass is 10.2. The molecular formula is C13H23N5O. The van der Waals surface area contributed by atoms with Gasteiger partial charge in [0.15, 0.2) is 0 Å². The molecule has 1 aromatic heterocycles. The summed E-state index contributed by atoms with van der Waals surface area (Å²) >= 11 is 0. The lowest BCUT2D eigenvalue weighted by Crippen LogP contribution is -2.51. The molecule has 0 spiro atoms.